The van der Waals surface area contributed by atoms with E-state index in [0.29, 0.717) is 5.69 Å². The smallest absolute Gasteiger partial charge is 0.330 e. The van der Waals surface area contributed by atoms with Gasteiger partial charge in [0.15, 0.2) is 6.61 Å². The molecule has 0 aliphatic heterocycles. The predicted molar refractivity (Wildman–Crippen MR) is 81.7 cm³/mol. The number of hydrogen-bond donors (Lipinski definition) is 1. The number of benzene rings is 1. The van der Waals surface area contributed by atoms with Crippen LogP contribution >= 0.6 is 0 Å². The minimum Gasteiger partial charge on any atom is -0.452 e. The van der Waals surface area contributed by atoms with Gasteiger partial charge in [0.2, 0.25) is 10.0 Å². The largest absolute Gasteiger partial charge is 0.452 e. The van der Waals surface area contributed by atoms with E-state index in [2.05, 4.69) is 10.1 Å². The number of esters is 1. The zero-order valence-corrected chi connectivity index (χ0v) is 13.4. The first-order chi connectivity index (χ1) is 10.3. The molecule has 22 heavy (non-hydrogen) atoms. The van der Waals surface area contributed by atoms with Gasteiger partial charge < -0.3 is 10.1 Å². The van der Waals surface area contributed by atoms with E-state index in [1.807, 2.05) is 0 Å². The van der Waals surface area contributed by atoms with Gasteiger partial charge in [-0.2, -0.15) is 0 Å². The molecule has 1 aromatic carbocycles. The predicted octanol–water partition coefficient (Wildman–Crippen LogP) is 0.995. The highest BCUT2D eigenvalue weighted by Crippen LogP contribution is 2.17. The Morgan fingerprint density at radius 1 is 1.32 bits per heavy atom. The van der Waals surface area contributed by atoms with Crippen LogP contribution in [0.3, 0.4) is 0 Å². The molecule has 0 aliphatic rings. The molecule has 1 aromatic rings. The molecule has 0 spiro atoms. The lowest BCUT2D eigenvalue weighted by Gasteiger charge is -2.12. The Hall–Kier alpha value is -2.19. The summed E-state index contributed by atoms with van der Waals surface area (Å²) in [4.78, 5) is 22.8. The molecule has 0 aliphatic carbocycles. The van der Waals surface area contributed by atoms with Gasteiger partial charge in [-0.3, -0.25) is 4.79 Å². The molecule has 0 aromatic heterocycles. The standard InChI is InChI=1S/C14H18N2O5S/c1-4-6-14(18)21-10-13(17)15-11-7-5-8-12(9-11)22(19,20)16(2)3/h4-9H,10H2,1-3H3,(H,15,17)/b6-4+. The monoisotopic (exact) mass is 326 g/mol. The number of anilines is 1. The van der Waals surface area contributed by atoms with Gasteiger partial charge in [0, 0.05) is 25.9 Å². The van der Waals surface area contributed by atoms with Crippen molar-refractivity contribution in [3.05, 3.63) is 36.4 Å². The minimum atomic E-state index is -3.58. The Labute approximate surface area is 129 Å². The van der Waals surface area contributed by atoms with Crippen molar-refractivity contribution >= 4 is 27.6 Å². The van der Waals surface area contributed by atoms with Crippen molar-refractivity contribution in [2.45, 2.75) is 11.8 Å². The maximum atomic E-state index is 12.0. The van der Waals surface area contributed by atoms with Crippen LogP contribution in [-0.2, 0) is 24.3 Å². The number of carbonyl (C=O) groups excluding carboxylic acids is 2. The zero-order chi connectivity index (χ0) is 16.8. The van der Waals surface area contributed by atoms with Gasteiger partial charge >= 0.3 is 5.97 Å². The molecule has 1 N–H and O–H groups in total. The van der Waals surface area contributed by atoms with Crippen LogP contribution in [0.25, 0.3) is 0 Å². The SMILES string of the molecule is C/C=C/C(=O)OCC(=O)Nc1cccc(S(=O)(=O)N(C)C)c1. The molecular weight excluding hydrogens is 308 g/mol. The molecule has 7 nitrogen and oxygen atoms in total. The number of nitrogens with one attached hydrogen (secondary N) is 1. The van der Waals surface area contributed by atoms with Crippen LogP contribution in [0.4, 0.5) is 5.69 Å². The average molecular weight is 326 g/mol. The molecule has 120 valence electrons. The average Bonchev–Trinajstić information content (AvgIpc) is 2.45. The van der Waals surface area contributed by atoms with Crippen molar-refractivity contribution in [3.8, 4) is 0 Å². The molecule has 8 heteroatoms. The number of hydrogen-bond acceptors (Lipinski definition) is 5. The fourth-order valence-electron chi connectivity index (χ4n) is 1.46. The molecule has 0 radical (unpaired) electrons. The van der Waals surface area contributed by atoms with E-state index < -0.39 is 28.5 Å². The van der Waals surface area contributed by atoms with E-state index in [1.54, 1.807) is 13.0 Å². The third kappa shape index (κ3) is 4.97. The van der Waals surface area contributed by atoms with Gasteiger partial charge in [-0.25, -0.2) is 17.5 Å². The van der Waals surface area contributed by atoms with Crippen molar-refractivity contribution in [1.82, 2.24) is 4.31 Å². The summed E-state index contributed by atoms with van der Waals surface area (Å²) in [5.74, 6) is -1.18. The number of rotatable bonds is 6. The zero-order valence-electron chi connectivity index (χ0n) is 12.6. The second-order valence-electron chi connectivity index (χ2n) is 4.47. The van der Waals surface area contributed by atoms with Gasteiger partial charge in [0.25, 0.3) is 5.91 Å². The van der Waals surface area contributed by atoms with E-state index in [9.17, 15) is 18.0 Å². The Balaban J connectivity index is 2.75. The van der Waals surface area contributed by atoms with Crippen LogP contribution in [0.15, 0.2) is 41.3 Å². The lowest BCUT2D eigenvalue weighted by molar-refractivity contribution is -0.142. The van der Waals surface area contributed by atoms with Crippen molar-refractivity contribution in [3.63, 3.8) is 0 Å². The highest BCUT2D eigenvalue weighted by molar-refractivity contribution is 7.89. The number of allylic oxidation sites excluding steroid dienone is 1. The van der Waals surface area contributed by atoms with Gasteiger partial charge in [0.1, 0.15) is 0 Å². The number of carbonyl (C=O) groups is 2. The Kier molecular flexibility index (Phi) is 6.26. The minimum absolute atomic E-state index is 0.0567. The molecule has 1 amide bonds. The summed E-state index contributed by atoms with van der Waals surface area (Å²) < 4.78 is 29.8. The van der Waals surface area contributed by atoms with Crippen molar-refractivity contribution in [2.24, 2.45) is 0 Å². The summed E-state index contributed by atoms with van der Waals surface area (Å²) in [6, 6.07) is 5.82. The molecule has 0 bridgehead atoms. The molecule has 0 unspecified atom stereocenters. The topological polar surface area (TPSA) is 92.8 Å². The maximum Gasteiger partial charge on any atom is 0.330 e. The van der Waals surface area contributed by atoms with Crippen LogP contribution in [0.2, 0.25) is 0 Å². The van der Waals surface area contributed by atoms with E-state index >= 15 is 0 Å². The summed E-state index contributed by atoms with van der Waals surface area (Å²) in [6.07, 6.45) is 2.69. The van der Waals surface area contributed by atoms with Crippen molar-refractivity contribution in [1.29, 1.82) is 0 Å². The summed E-state index contributed by atoms with van der Waals surface area (Å²) in [5, 5.41) is 2.47. The van der Waals surface area contributed by atoms with E-state index in [0.717, 1.165) is 4.31 Å². The van der Waals surface area contributed by atoms with E-state index in [4.69, 9.17) is 0 Å². The van der Waals surface area contributed by atoms with Gasteiger partial charge in [-0.15, -0.1) is 0 Å². The number of sulfonamides is 1. The normalized spacial score (nSPS) is 11.6. The third-order valence-electron chi connectivity index (χ3n) is 2.54. The fourth-order valence-corrected chi connectivity index (χ4v) is 2.41. The second-order valence-corrected chi connectivity index (χ2v) is 6.62. The van der Waals surface area contributed by atoms with Crippen LogP contribution in [0, 0.1) is 0 Å². The summed E-state index contributed by atoms with van der Waals surface area (Å²) in [5.41, 5.74) is 0.301. The van der Waals surface area contributed by atoms with Crippen molar-refractivity contribution < 1.29 is 22.7 Å². The highest BCUT2D eigenvalue weighted by Gasteiger charge is 2.17. The molecular formula is C14H18N2O5S. The summed E-state index contributed by atoms with van der Waals surface area (Å²) in [7, 11) is -0.745. The van der Waals surface area contributed by atoms with Crippen LogP contribution < -0.4 is 5.32 Å². The van der Waals surface area contributed by atoms with Gasteiger partial charge in [-0.05, 0) is 25.1 Å². The molecule has 0 fully saturated rings. The Morgan fingerprint density at radius 2 is 2.00 bits per heavy atom. The van der Waals surface area contributed by atoms with Crippen LogP contribution in [0.5, 0.6) is 0 Å². The number of ether oxygens (including phenoxy) is 1. The maximum absolute atomic E-state index is 12.0. The fraction of sp³-hybridized carbons (Fsp3) is 0.286. The number of nitrogens with zero attached hydrogens (tertiary/aromatic N) is 1. The molecule has 0 saturated heterocycles. The Morgan fingerprint density at radius 3 is 2.59 bits per heavy atom. The number of amides is 1. The lowest BCUT2D eigenvalue weighted by Crippen LogP contribution is -2.23. The molecule has 0 saturated carbocycles. The third-order valence-corrected chi connectivity index (χ3v) is 4.36. The first kappa shape index (κ1) is 17.9. The second kappa shape index (κ2) is 7.71. The van der Waals surface area contributed by atoms with Crippen molar-refractivity contribution in [2.75, 3.05) is 26.0 Å². The van der Waals surface area contributed by atoms with E-state index in [-0.39, 0.29) is 4.90 Å². The van der Waals surface area contributed by atoms with E-state index in [1.165, 1.54) is 44.4 Å². The van der Waals surface area contributed by atoms with Crippen LogP contribution in [-0.4, -0.2) is 45.3 Å². The van der Waals surface area contributed by atoms with Gasteiger partial charge in [-0.1, -0.05) is 12.1 Å². The summed E-state index contributed by atoms with van der Waals surface area (Å²) >= 11 is 0. The Bertz CT molecular complexity index is 680. The highest BCUT2D eigenvalue weighted by atomic mass is 32.2. The quantitative estimate of drug-likeness (QED) is 0.622. The molecule has 0 heterocycles. The molecule has 0 atom stereocenters. The molecule has 1 rings (SSSR count). The lowest BCUT2D eigenvalue weighted by atomic mass is 10.3. The van der Waals surface area contributed by atoms with Crippen LogP contribution in [0.1, 0.15) is 6.92 Å². The first-order valence-electron chi connectivity index (χ1n) is 6.39. The first-order valence-corrected chi connectivity index (χ1v) is 7.83. The summed E-state index contributed by atoms with van der Waals surface area (Å²) in [6.45, 7) is 1.20. The van der Waals surface area contributed by atoms with Gasteiger partial charge in [0.05, 0.1) is 4.90 Å².